The number of carbonyl (C=O) groups excluding carboxylic acids is 1. The van der Waals surface area contributed by atoms with E-state index in [0.717, 1.165) is 45.1 Å². The van der Waals surface area contributed by atoms with E-state index in [0.29, 0.717) is 49.1 Å². The number of hydrogen-bond acceptors (Lipinski definition) is 8. The number of nitrogens with one attached hydrogen (secondary N) is 1. The molecule has 0 radical (unpaired) electrons. The molecule has 1 heterocycles. The van der Waals surface area contributed by atoms with Crippen molar-refractivity contribution < 1.29 is 33.0 Å². The van der Waals surface area contributed by atoms with Crippen molar-refractivity contribution >= 4 is 21.8 Å². The van der Waals surface area contributed by atoms with Crippen molar-refractivity contribution in [2.45, 2.75) is 163 Å². The van der Waals surface area contributed by atoms with Gasteiger partial charge in [-0.25, -0.2) is 8.42 Å². The third-order valence-corrected chi connectivity index (χ3v) is 21.0. The van der Waals surface area contributed by atoms with Gasteiger partial charge in [-0.1, -0.05) is 60.6 Å². The van der Waals surface area contributed by atoms with Gasteiger partial charge in [-0.2, -0.15) is 0 Å². The average Bonchev–Trinajstić information content (AvgIpc) is 3.48. The molecule has 0 aromatic rings. The maximum atomic E-state index is 13.6. The SMILES string of the molecule is C=C(C)[C@@H]1CC[C@]2(NCCC(C(C)O)N3CCS(=O)(=O)CC3)CC[C@]3(C)[C@H](CC[C@@H]4[C@@]5(C)CC[C@H](OC(=O)[C@H]6C[C@@H](C(=O)O)C6(C)C)C(C)(C)[C@@H]5CC[C@]43C)[C@@H]12. The second-order valence-corrected chi connectivity index (χ2v) is 24.6. The Morgan fingerprint density at radius 2 is 1.54 bits per heavy atom. The number of esters is 1. The first-order valence-corrected chi connectivity index (χ1v) is 24.2. The van der Waals surface area contributed by atoms with Gasteiger partial charge in [0.05, 0.1) is 29.4 Å². The maximum absolute atomic E-state index is 13.6. The lowest BCUT2D eigenvalue weighted by Crippen LogP contribution is -2.69. The summed E-state index contributed by atoms with van der Waals surface area (Å²) in [5.74, 6) is 1.13. The molecule has 1 saturated heterocycles. The van der Waals surface area contributed by atoms with Crippen LogP contribution in [0.15, 0.2) is 12.2 Å². The van der Waals surface area contributed by atoms with Gasteiger partial charge in [0.1, 0.15) is 6.10 Å². The number of ether oxygens (including phenoxy) is 1. The Balaban J connectivity index is 1.08. The van der Waals surface area contributed by atoms with Crippen molar-refractivity contribution in [3.8, 4) is 0 Å². The standard InChI is InChI=1S/C46H76N2O7S/c1-28(2)30-13-19-46(47-22-16-34(29(3)49)48-23-25-56(53,54)26-24-48)21-20-44(9)31(38(30)46)11-12-36-43(8)17-15-37(42(6,7)35(43)14-18-45(36,44)10)55-40(52)33-27-32(39(50)51)41(33,4)5/h29-38,47,49H,1,11-27H2,2-10H3,(H,50,51)/t29?,30-,31+,32-,33+,34?,35-,36+,37-,38+,43-,44+,45+,46-/m0/s1. The fourth-order valence-corrected chi connectivity index (χ4v) is 17.1. The van der Waals surface area contributed by atoms with Crippen LogP contribution in [-0.4, -0.2) is 90.4 Å². The largest absolute Gasteiger partial charge is 0.481 e. The van der Waals surface area contributed by atoms with E-state index in [1.165, 1.54) is 37.7 Å². The summed E-state index contributed by atoms with van der Waals surface area (Å²) in [5, 5.41) is 24.7. The number of fused-ring (bicyclic) bond motifs is 7. The van der Waals surface area contributed by atoms with Crippen LogP contribution in [0, 0.1) is 68.5 Å². The summed E-state index contributed by atoms with van der Waals surface area (Å²) < 4.78 is 30.8. The van der Waals surface area contributed by atoms with Gasteiger partial charge in [0.15, 0.2) is 9.84 Å². The fourth-order valence-electron chi connectivity index (χ4n) is 15.9. The maximum Gasteiger partial charge on any atom is 0.309 e. The highest BCUT2D eigenvalue weighted by molar-refractivity contribution is 7.91. The molecule has 3 N–H and O–H groups in total. The van der Waals surface area contributed by atoms with Crippen molar-refractivity contribution in [1.82, 2.24) is 10.2 Å². The molecule has 0 aromatic heterocycles. The van der Waals surface area contributed by atoms with Crippen LogP contribution in [0.4, 0.5) is 0 Å². The predicted molar refractivity (Wildman–Crippen MR) is 220 cm³/mol. The number of carboxylic acids is 1. The third-order valence-electron chi connectivity index (χ3n) is 19.4. The first-order valence-electron chi connectivity index (χ1n) is 22.4. The molecule has 56 heavy (non-hydrogen) atoms. The van der Waals surface area contributed by atoms with E-state index in [1.807, 2.05) is 20.8 Å². The average molecular weight is 801 g/mol. The van der Waals surface area contributed by atoms with E-state index < -0.39 is 33.2 Å². The molecule has 0 amide bonds. The first kappa shape index (κ1) is 42.6. The summed E-state index contributed by atoms with van der Waals surface area (Å²) in [6.45, 7) is 26.9. The van der Waals surface area contributed by atoms with Crippen molar-refractivity contribution in [1.29, 1.82) is 0 Å². The Hall–Kier alpha value is -1.49. The summed E-state index contributed by atoms with van der Waals surface area (Å²) in [6, 6.07) is -0.0532. The van der Waals surface area contributed by atoms with Crippen LogP contribution in [0.2, 0.25) is 0 Å². The number of carboxylic acid groups (broad SMARTS) is 1. The molecular weight excluding hydrogens is 725 g/mol. The topological polar surface area (TPSA) is 133 Å². The predicted octanol–water partition coefficient (Wildman–Crippen LogP) is 7.51. The highest BCUT2D eigenvalue weighted by atomic mass is 32.2. The minimum atomic E-state index is -2.98. The summed E-state index contributed by atoms with van der Waals surface area (Å²) >= 11 is 0. The highest BCUT2D eigenvalue weighted by Crippen LogP contribution is 2.76. The zero-order chi connectivity index (χ0) is 41.0. The van der Waals surface area contributed by atoms with Crippen LogP contribution in [0.1, 0.15) is 139 Å². The van der Waals surface area contributed by atoms with Crippen LogP contribution in [0.25, 0.3) is 0 Å². The van der Waals surface area contributed by atoms with Gasteiger partial charge < -0.3 is 20.3 Å². The summed E-state index contributed by atoms with van der Waals surface area (Å²) in [7, 11) is -2.98. The summed E-state index contributed by atoms with van der Waals surface area (Å²) in [5.41, 5.74) is 1.16. The summed E-state index contributed by atoms with van der Waals surface area (Å²) in [6.07, 6.45) is 11.9. The van der Waals surface area contributed by atoms with Gasteiger partial charge in [-0.3, -0.25) is 14.5 Å². The van der Waals surface area contributed by atoms with Crippen molar-refractivity contribution in [2.75, 3.05) is 31.1 Å². The van der Waals surface area contributed by atoms with E-state index in [-0.39, 0.29) is 62.7 Å². The van der Waals surface area contributed by atoms with Crippen LogP contribution >= 0.6 is 0 Å². The third kappa shape index (κ3) is 6.49. The molecule has 1 aliphatic heterocycles. The molecule has 0 aromatic carbocycles. The second kappa shape index (κ2) is 14.3. The van der Waals surface area contributed by atoms with Gasteiger partial charge >= 0.3 is 11.9 Å². The van der Waals surface area contributed by atoms with E-state index >= 15 is 0 Å². The number of allylic oxidation sites excluding steroid dienone is 1. The molecule has 0 bridgehead atoms. The van der Waals surface area contributed by atoms with Crippen LogP contribution < -0.4 is 5.32 Å². The minimum absolute atomic E-state index is 0.0516. The smallest absolute Gasteiger partial charge is 0.309 e. The van der Waals surface area contributed by atoms with E-state index in [9.17, 15) is 28.2 Å². The molecule has 7 aliphatic rings. The number of nitrogens with zero attached hydrogens (tertiary/aromatic N) is 1. The quantitative estimate of drug-likeness (QED) is 0.152. The molecule has 2 unspecified atom stereocenters. The minimum Gasteiger partial charge on any atom is -0.481 e. The van der Waals surface area contributed by atoms with Crippen molar-refractivity contribution in [3.63, 3.8) is 0 Å². The first-order chi connectivity index (χ1) is 26.0. The number of aliphatic hydroxyl groups excluding tert-OH is 1. The Labute approximate surface area is 338 Å². The number of sulfone groups is 1. The Kier molecular flexibility index (Phi) is 10.9. The van der Waals surface area contributed by atoms with Gasteiger partial charge in [-0.15, -0.1) is 0 Å². The summed E-state index contributed by atoms with van der Waals surface area (Å²) in [4.78, 5) is 27.6. The molecule has 14 atom stereocenters. The zero-order valence-electron chi connectivity index (χ0n) is 36.3. The van der Waals surface area contributed by atoms with Gasteiger partial charge in [0.25, 0.3) is 0 Å². The Bertz CT molecular complexity index is 1660. The van der Waals surface area contributed by atoms with Crippen LogP contribution in [0.3, 0.4) is 0 Å². The molecule has 6 saturated carbocycles. The monoisotopic (exact) mass is 801 g/mol. The number of rotatable bonds is 10. The van der Waals surface area contributed by atoms with E-state index in [4.69, 9.17) is 4.74 Å². The zero-order valence-corrected chi connectivity index (χ0v) is 37.1. The molecule has 318 valence electrons. The van der Waals surface area contributed by atoms with Crippen molar-refractivity contribution in [2.24, 2.45) is 68.5 Å². The molecule has 6 aliphatic carbocycles. The number of carbonyl (C=O) groups is 2. The lowest BCUT2D eigenvalue weighted by molar-refractivity contribution is -0.248. The normalized spacial score (nSPS) is 46.1. The van der Waals surface area contributed by atoms with Gasteiger partial charge in [0.2, 0.25) is 0 Å². The van der Waals surface area contributed by atoms with E-state index in [1.54, 1.807) is 0 Å². The Morgan fingerprint density at radius 1 is 0.857 bits per heavy atom. The van der Waals surface area contributed by atoms with Crippen LogP contribution in [-0.2, 0) is 24.2 Å². The Morgan fingerprint density at radius 3 is 2.14 bits per heavy atom. The van der Waals surface area contributed by atoms with Gasteiger partial charge in [0, 0.05) is 30.1 Å². The molecule has 7 rings (SSSR count). The fraction of sp³-hybridized carbons (Fsp3) is 0.913. The molecule has 9 nitrogen and oxygen atoms in total. The van der Waals surface area contributed by atoms with Crippen LogP contribution in [0.5, 0.6) is 0 Å². The van der Waals surface area contributed by atoms with E-state index in [2.05, 4.69) is 58.3 Å². The lowest BCUT2D eigenvalue weighted by atomic mass is 9.32. The van der Waals surface area contributed by atoms with Gasteiger partial charge in [-0.05, 0) is 149 Å². The number of aliphatic hydroxyl groups is 1. The molecule has 0 spiro atoms. The second-order valence-electron chi connectivity index (χ2n) is 22.3. The highest BCUT2D eigenvalue weighted by Gasteiger charge is 2.71. The van der Waals surface area contributed by atoms with Crippen molar-refractivity contribution in [3.05, 3.63) is 12.2 Å². The molecular formula is C46H76N2O7S. The number of hydrogen-bond donors (Lipinski definition) is 3. The molecule has 10 heteroatoms. The number of aliphatic carboxylic acids is 1. The molecule has 7 fully saturated rings. The lowest BCUT2D eigenvalue weighted by Gasteiger charge is -2.73.